The van der Waals surface area contributed by atoms with Crippen molar-refractivity contribution in [1.82, 2.24) is 10.2 Å². The fourth-order valence-corrected chi connectivity index (χ4v) is 3.26. The number of hydrogen-bond donors (Lipinski definition) is 1. The van der Waals surface area contributed by atoms with Gasteiger partial charge in [0.25, 0.3) is 0 Å². The lowest BCUT2D eigenvalue weighted by Gasteiger charge is -2.36. The zero-order chi connectivity index (χ0) is 18.4. The Balaban J connectivity index is 1.39. The number of hydrogen-bond acceptors (Lipinski definition) is 3. The smallest absolute Gasteiger partial charge is 0.223 e. The fraction of sp³-hybridized carbons (Fsp3) is 0.381. The van der Waals surface area contributed by atoms with E-state index in [2.05, 4.69) is 41.4 Å². The maximum Gasteiger partial charge on any atom is 0.223 e. The lowest BCUT2D eigenvalue weighted by molar-refractivity contribution is -0.131. The van der Waals surface area contributed by atoms with E-state index in [4.69, 9.17) is 0 Å². The molecule has 1 fully saturated rings. The van der Waals surface area contributed by atoms with Crippen LogP contribution in [0.4, 0.5) is 10.1 Å². The number of benzene rings is 2. The molecule has 1 amide bonds. The van der Waals surface area contributed by atoms with Crippen LogP contribution in [0.5, 0.6) is 0 Å². The van der Waals surface area contributed by atoms with Crippen LogP contribution in [0.25, 0.3) is 0 Å². The van der Waals surface area contributed by atoms with Crippen molar-refractivity contribution in [3.05, 3.63) is 65.5 Å². The number of carbonyl (C=O) groups is 1. The second kappa shape index (κ2) is 8.81. The summed E-state index contributed by atoms with van der Waals surface area (Å²) >= 11 is 0. The summed E-state index contributed by atoms with van der Waals surface area (Å²) in [5.74, 6) is -0.0477. The molecule has 5 heteroatoms. The molecule has 0 aliphatic carbocycles. The van der Waals surface area contributed by atoms with Gasteiger partial charge in [-0.25, -0.2) is 4.39 Å². The predicted octanol–water partition coefficient (Wildman–Crippen LogP) is 2.96. The van der Waals surface area contributed by atoms with Crippen LogP contribution in [-0.2, 0) is 11.3 Å². The first-order valence-electron chi connectivity index (χ1n) is 9.17. The van der Waals surface area contributed by atoms with Gasteiger partial charge in [0.05, 0.1) is 0 Å². The van der Waals surface area contributed by atoms with Crippen LogP contribution in [0.1, 0.15) is 17.5 Å². The van der Waals surface area contributed by atoms with Crippen LogP contribution in [-0.4, -0.2) is 43.5 Å². The maximum atomic E-state index is 13.5. The van der Waals surface area contributed by atoms with Crippen LogP contribution >= 0.6 is 0 Å². The first kappa shape index (κ1) is 18.4. The third-order valence-electron chi connectivity index (χ3n) is 4.79. The fourth-order valence-electron chi connectivity index (χ4n) is 3.26. The Bertz CT molecular complexity index is 742. The molecule has 1 saturated heterocycles. The van der Waals surface area contributed by atoms with E-state index in [1.54, 1.807) is 12.1 Å². The topological polar surface area (TPSA) is 35.6 Å². The summed E-state index contributed by atoms with van der Waals surface area (Å²) < 4.78 is 13.5. The molecular weight excluding hydrogens is 329 g/mol. The summed E-state index contributed by atoms with van der Waals surface area (Å²) in [5.41, 5.74) is 3.11. The Morgan fingerprint density at radius 3 is 2.58 bits per heavy atom. The average molecular weight is 355 g/mol. The van der Waals surface area contributed by atoms with E-state index >= 15 is 0 Å². The normalized spacial score (nSPS) is 14.5. The van der Waals surface area contributed by atoms with Gasteiger partial charge in [-0.1, -0.05) is 30.3 Å². The first-order valence-corrected chi connectivity index (χ1v) is 9.17. The Hall–Kier alpha value is -2.40. The van der Waals surface area contributed by atoms with Crippen molar-refractivity contribution in [1.29, 1.82) is 0 Å². The zero-order valence-electron chi connectivity index (χ0n) is 15.2. The summed E-state index contributed by atoms with van der Waals surface area (Å²) in [5, 5.41) is 3.16. The summed E-state index contributed by atoms with van der Waals surface area (Å²) in [7, 11) is 0. The number of carbonyl (C=O) groups excluding carboxylic acids is 1. The van der Waals surface area contributed by atoms with E-state index < -0.39 is 0 Å². The Kier molecular flexibility index (Phi) is 6.23. The third-order valence-corrected chi connectivity index (χ3v) is 4.79. The number of piperazine rings is 1. The molecule has 138 valence electrons. The van der Waals surface area contributed by atoms with E-state index in [0.29, 0.717) is 25.1 Å². The molecule has 4 nitrogen and oxygen atoms in total. The Morgan fingerprint density at radius 1 is 1.08 bits per heavy atom. The Morgan fingerprint density at radius 2 is 1.85 bits per heavy atom. The number of nitrogens with zero attached hydrogens (tertiary/aromatic N) is 2. The first-order chi connectivity index (χ1) is 12.6. The molecule has 2 aromatic rings. The summed E-state index contributed by atoms with van der Waals surface area (Å²) in [6.07, 6.45) is 0.443. The van der Waals surface area contributed by atoms with Gasteiger partial charge in [-0.15, -0.1) is 0 Å². The van der Waals surface area contributed by atoms with Gasteiger partial charge in [0.2, 0.25) is 5.91 Å². The molecule has 3 rings (SSSR count). The van der Waals surface area contributed by atoms with E-state index in [1.165, 1.54) is 17.3 Å². The van der Waals surface area contributed by atoms with E-state index in [-0.39, 0.29) is 11.7 Å². The second-order valence-corrected chi connectivity index (χ2v) is 6.73. The minimum atomic E-state index is -0.210. The molecule has 0 saturated carbocycles. The maximum absolute atomic E-state index is 13.5. The number of halogens is 1. The van der Waals surface area contributed by atoms with Gasteiger partial charge in [0.1, 0.15) is 5.82 Å². The minimum Gasteiger partial charge on any atom is -0.368 e. The highest BCUT2D eigenvalue weighted by Crippen LogP contribution is 2.18. The SMILES string of the molecule is Cc1cccc(N2CCN(C(=O)CCNCc3ccccc3F)CC2)c1. The van der Waals surface area contributed by atoms with Crippen LogP contribution in [0, 0.1) is 12.7 Å². The van der Waals surface area contributed by atoms with E-state index in [0.717, 1.165) is 26.2 Å². The molecule has 0 unspecified atom stereocenters. The van der Waals surface area contributed by atoms with Crippen LogP contribution in [0.3, 0.4) is 0 Å². The summed E-state index contributed by atoms with van der Waals surface area (Å²) in [4.78, 5) is 16.6. The number of anilines is 1. The van der Waals surface area contributed by atoms with Crippen LogP contribution in [0.2, 0.25) is 0 Å². The van der Waals surface area contributed by atoms with Crippen molar-refractivity contribution < 1.29 is 9.18 Å². The van der Waals surface area contributed by atoms with Gasteiger partial charge < -0.3 is 15.1 Å². The molecule has 1 aliphatic heterocycles. The molecule has 26 heavy (non-hydrogen) atoms. The molecule has 0 bridgehead atoms. The van der Waals surface area contributed by atoms with Crippen LogP contribution in [0.15, 0.2) is 48.5 Å². The largest absolute Gasteiger partial charge is 0.368 e. The van der Waals surface area contributed by atoms with Crippen molar-refractivity contribution in [2.45, 2.75) is 19.9 Å². The average Bonchev–Trinajstić information content (AvgIpc) is 2.66. The Labute approximate surface area is 154 Å². The predicted molar refractivity (Wildman–Crippen MR) is 103 cm³/mol. The molecule has 0 atom stereocenters. The summed E-state index contributed by atoms with van der Waals surface area (Å²) in [6, 6.07) is 15.2. The van der Waals surface area contributed by atoms with Crippen LogP contribution < -0.4 is 10.2 Å². The standard InChI is InChI=1S/C21H26FN3O/c1-17-5-4-7-19(15-17)24-11-13-25(14-12-24)21(26)9-10-23-16-18-6-2-3-8-20(18)22/h2-8,15,23H,9-14,16H2,1H3. The minimum absolute atomic E-state index is 0.162. The van der Waals surface area contributed by atoms with Gasteiger partial charge >= 0.3 is 0 Å². The van der Waals surface area contributed by atoms with Crippen molar-refractivity contribution in [2.75, 3.05) is 37.6 Å². The molecule has 1 N–H and O–H groups in total. The molecule has 1 heterocycles. The van der Waals surface area contributed by atoms with Gasteiger partial charge in [0, 0.05) is 56.9 Å². The van der Waals surface area contributed by atoms with Crippen molar-refractivity contribution in [2.24, 2.45) is 0 Å². The number of nitrogens with one attached hydrogen (secondary N) is 1. The monoisotopic (exact) mass is 355 g/mol. The van der Waals surface area contributed by atoms with Crippen molar-refractivity contribution in [3.8, 4) is 0 Å². The quantitative estimate of drug-likeness (QED) is 0.810. The highest BCUT2D eigenvalue weighted by Gasteiger charge is 2.20. The molecule has 0 radical (unpaired) electrons. The zero-order valence-corrected chi connectivity index (χ0v) is 15.2. The lowest BCUT2D eigenvalue weighted by Crippen LogP contribution is -2.49. The molecule has 1 aliphatic rings. The summed E-state index contributed by atoms with van der Waals surface area (Å²) in [6.45, 7) is 6.32. The number of amides is 1. The van der Waals surface area contributed by atoms with Gasteiger partial charge in [-0.05, 0) is 30.7 Å². The molecular formula is C21H26FN3O. The molecule has 2 aromatic carbocycles. The van der Waals surface area contributed by atoms with E-state index in [9.17, 15) is 9.18 Å². The highest BCUT2D eigenvalue weighted by molar-refractivity contribution is 5.76. The van der Waals surface area contributed by atoms with Gasteiger partial charge in [0.15, 0.2) is 0 Å². The van der Waals surface area contributed by atoms with Crippen molar-refractivity contribution in [3.63, 3.8) is 0 Å². The number of aryl methyl sites for hydroxylation is 1. The van der Waals surface area contributed by atoms with Crippen molar-refractivity contribution >= 4 is 11.6 Å². The molecule has 0 spiro atoms. The third kappa shape index (κ3) is 4.82. The highest BCUT2D eigenvalue weighted by atomic mass is 19.1. The van der Waals surface area contributed by atoms with Gasteiger partial charge in [-0.2, -0.15) is 0 Å². The number of rotatable bonds is 6. The van der Waals surface area contributed by atoms with Gasteiger partial charge in [-0.3, -0.25) is 4.79 Å². The molecule has 0 aromatic heterocycles. The van der Waals surface area contributed by atoms with E-state index in [1.807, 2.05) is 11.0 Å². The second-order valence-electron chi connectivity index (χ2n) is 6.73. The lowest BCUT2D eigenvalue weighted by atomic mass is 10.2.